The molecule has 1 aliphatic heterocycles. The lowest BCUT2D eigenvalue weighted by atomic mass is 10.1. The second-order valence-electron chi connectivity index (χ2n) is 7.42. The number of aromatic nitrogens is 2. The summed E-state index contributed by atoms with van der Waals surface area (Å²) in [5.74, 6) is 1.11. The van der Waals surface area contributed by atoms with Gasteiger partial charge in [0.2, 0.25) is 0 Å². The molecule has 1 saturated heterocycles. The van der Waals surface area contributed by atoms with Gasteiger partial charge in [0.15, 0.2) is 12.4 Å². The van der Waals surface area contributed by atoms with E-state index in [0.717, 1.165) is 60.7 Å². The van der Waals surface area contributed by atoms with Crippen molar-refractivity contribution in [3.8, 4) is 17.0 Å². The highest BCUT2D eigenvalue weighted by molar-refractivity contribution is 5.92. The zero-order chi connectivity index (χ0) is 21.6. The van der Waals surface area contributed by atoms with Crippen LogP contribution in [-0.4, -0.2) is 66.8 Å². The number of esters is 1. The number of hydrogen-bond donors (Lipinski definition) is 0. The van der Waals surface area contributed by atoms with Gasteiger partial charge in [0.25, 0.3) is 0 Å². The second-order valence-corrected chi connectivity index (χ2v) is 7.42. The third kappa shape index (κ3) is 4.77. The van der Waals surface area contributed by atoms with Crippen molar-refractivity contribution in [3.05, 3.63) is 48.7 Å². The number of benzene rings is 1. The number of likely N-dealkylation sites (N-methyl/N-ethyl adjacent to an activating group) is 1. The third-order valence-corrected chi connectivity index (χ3v) is 5.50. The average molecular weight is 421 g/mol. The molecule has 1 aromatic carbocycles. The molecule has 0 radical (unpaired) electrons. The molecule has 7 heteroatoms. The van der Waals surface area contributed by atoms with Gasteiger partial charge in [0, 0.05) is 43.3 Å². The first-order chi connectivity index (χ1) is 15.2. The smallest absolute Gasteiger partial charge is 0.344 e. The van der Waals surface area contributed by atoms with Crippen LogP contribution in [0.4, 0.5) is 5.82 Å². The van der Waals surface area contributed by atoms with Crippen molar-refractivity contribution in [1.29, 1.82) is 0 Å². The first-order valence-corrected chi connectivity index (χ1v) is 10.8. The van der Waals surface area contributed by atoms with Crippen LogP contribution >= 0.6 is 0 Å². The largest absolute Gasteiger partial charge is 0.481 e. The number of ether oxygens (including phenoxy) is 2. The fourth-order valence-corrected chi connectivity index (χ4v) is 3.85. The summed E-state index contributed by atoms with van der Waals surface area (Å²) in [6.07, 6.45) is 1.81. The number of fused-ring (bicyclic) bond motifs is 1. The van der Waals surface area contributed by atoms with Crippen LogP contribution in [0.15, 0.2) is 48.7 Å². The number of nitrogens with zero attached hydrogens (tertiary/aromatic N) is 4. The zero-order valence-corrected chi connectivity index (χ0v) is 18.1. The maximum absolute atomic E-state index is 11.8. The second kappa shape index (κ2) is 9.75. The minimum atomic E-state index is -0.387. The fraction of sp³-hybridized carbons (Fsp3) is 0.375. The van der Waals surface area contributed by atoms with Crippen LogP contribution in [0.1, 0.15) is 13.8 Å². The molecule has 4 rings (SSSR count). The topological polar surface area (TPSA) is 67.8 Å². The zero-order valence-electron chi connectivity index (χ0n) is 18.1. The van der Waals surface area contributed by atoms with Crippen LogP contribution in [0.25, 0.3) is 22.2 Å². The first-order valence-electron chi connectivity index (χ1n) is 10.8. The summed E-state index contributed by atoms with van der Waals surface area (Å²) in [6.45, 7) is 9.08. The summed E-state index contributed by atoms with van der Waals surface area (Å²) in [5, 5.41) is 1.03. The van der Waals surface area contributed by atoms with Gasteiger partial charge in [-0.25, -0.2) is 9.78 Å². The van der Waals surface area contributed by atoms with Crippen LogP contribution in [0.3, 0.4) is 0 Å². The van der Waals surface area contributed by atoms with E-state index in [4.69, 9.17) is 14.5 Å². The number of hydrogen-bond acceptors (Lipinski definition) is 7. The lowest BCUT2D eigenvalue weighted by Gasteiger charge is -2.35. The highest BCUT2D eigenvalue weighted by atomic mass is 16.6. The van der Waals surface area contributed by atoms with Crippen molar-refractivity contribution < 1.29 is 14.3 Å². The van der Waals surface area contributed by atoms with Crippen LogP contribution in [0.5, 0.6) is 5.75 Å². The summed E-state index contributed by atoms with van der Waals surface area (Å²) >= 11 is 0. The summed E-state index contributed by atoms with van der Waals surface area (Å²) in [4.78, 5) is 26.2. The van der Waals surface area contributed by atoms with Gasteiger partial charge in [-0.3, -0.25) is 4.98 Å². The van der Waals surface area contributed by atoms with E-state index >= 15 is 0 Å². The molecular formula is C24H28N4O3. The highest BCUT2D eigenvalue weighted by Crippen LogP contribution is 2.34. The van der Waals surface area contributed by atoms with Gasteiger partial charge in [-0.15, -0.1) is 0 Å². The molecular weight excluding hydrogens is 392 g/mol. The number of anilines is 1. The summed E-state index contributed by atoms with van der Waals surface area (Å²) in [5.41, 5.74) is 2.54. The number of pyridine rings is 2. The van der Waals surface area contributed by atoms with E-state index in [0.29, 0.717) is 12.4 Å². The fourth-order valence-electron chi connectivity index (χ4n) is 3.85. The number of carbonyl (C=O) groups is 1. The molecule has 162 valence electrons. The average Bonchev–Trinajstić information content (AvgIpc) is 2.82. The monoisotopic (exact) mass is 420 g/mol. The Labute approximate surface area is 182 Å². The van der Waals surface area contributed by atoms with E-state index in [1.165, 1.54) is 0 Å². The Morgan fingerprint density at radius 1 is 1.06 bits per heavy atom. The number of para-hydroxylation sites is 1. The van der Waals surface area contributed by atoms with Crippen LogP contribution in [-0.2, 0) is 9.53 Å². The number of piperazine rings is 1. The van der Waals surface area contributed by atoms with Crippen LogP contribution in [0, 0.1) is 0 Å². The van der Waals surface area contributed by atoms with Gasteiger partial charge in [-0.05, 0) is 37.7 Å². The van der Waals surface area contributed by atoms with Gasteiger partial charge in [0.1, 0.15) is 11.3 Å². The Hall–Kier alpha value is -3.19. The standard InChI is InChI=1S/C24H28N4O3/c1-3-27-12-14-28(15-13-27)24-23-18(8-7-11-25-23)16-20(26-24)19-9-5-6-10-21(19)31-17-22(29)30-4-2/h5-11,16H,3-4,12-15,17H2,1-2H3. The van der Waals surface area contributed by atoms with E-state index in [1.54, 1.807) is 6.92 Å². The van der Waals surface area contributed by atoms with Gasteiger partial charge in [-0.2, -0.15) is 0 Å². The molecule has 0 bridgehead atoms. The highest BCUT2D eigenvalue weighted by Gasteiger charge is 2.21. The molecule has 2 aromatic heterocycles. The molecule has 3 heterocycles. The molecule has 0 spiro atoms. The normalized spacial score (nSPS) is 14.6. The minimum absolute atomic E-state index is 0.133. The number of carbonyl (C=O) groups excluding carboxylic acids is 1. The minimum Gasteiger partial charge on any atom is -0.481 e. The van der Waals surface area contributed by atoms with Crippen molar-refractivity contribution in [2.75, 3.05) is 50.8 Å². The Bertz CT molecular complexity index is 1050. The van der Waals surface area contributed by atoms with Crippen molar-refractivity contribution in [3.63, 3.8) is 0 Å². The van der Waals surface area contributed by atoms with Crippen molar-refractivity contribution >= 4 is 22.7 Å². The molecule has 31 heavy (non-hydrogen) atoms. The van der Waals surface area contributed by atoms with Gasteiger partial charge in [-0.1, -0.05) is 25.1 Å². The van der Waals surface area contributed by atoms with Crippen molar-refractivity contribution in [2.45, 2.75) is 13.8 Å². The summed E-state index contributed by atoms with van der Waals surface area (Å²) < 4.78 is 10.8. The van der Waals surface area contributed by atoms with Crippen molar-refractivity contribution in [1.82, 2.24) is 14.9 Å². The van der Waals surface area contributed by atoms with Crippen LogP contribution in [0.2, 0.25) is 0 Å². The Morgan fingerprint density at radius 2 is 1.87 bits per heavy atom. The van der Waals surface area contributed by atoms with Gasteiger partial charge < -0.3 is 19.3 Å². The predicted molar refractivity (Wildman–Crippen MR) is 121 cm³/mol. The third-order valence-electron chi connectivity index (χ3n) is 5.50. The van der Waals surface area contributed by atoms with E-state index in [2.05, 4.69) is 27.8 Å². The summed E-state index contributed by atoms with van der Waals surface area (Å²) in [7, 11) is 0. The maximum atomic E-state index is 11.8. The Kier molecular flexibility index (Phi) is 6.62. The first kappa shape index (κ1) is 21.1. The summed E-state index contributed by atoms with van der Waals surface area (Å²) in [6, 6.07) is 13.7. The van der Waals surface area contributed by atoms with E-state index < -0.39 is 0 Å². The van der Waals surface area contributed by atoms with Crippen molar-refractivity contribution in [2.24, 2.45) is 0 Å². The maximum Gasteiger partial charge on any atom is 0.344 e. The van der Waals surface area contributed by atoms with E-state index in [1.807, 2.05) is 42.6 Å². The Morgan fingerprint density at radius 3 is 2.65 bits per heavy atom. The molecule has 0 amide bonds. The molecule has 0 unspecified atom stereocenters. The quantitative estimate of drug-likeness (QED) is 0.543. The molecule has 3 aromatic rings. The molecule has 0 N–H and O–H groups in total. The molecule has 1 fully saturated rings. The molecule has 0 saturated carbocycles. The lowest BCUT2D eigenvalue weighted by molar-refractivity contribution is -0.145. The van der Waals surface area contributed by atoms with Crippen LogP contribution < -0.4 is 9.64 Å². The molecule has 0 atom stereocenters. The van der Waals surface area contributed by atoms with Gasteiger partial charge in [0.05, 0.1) is 12.3 Å². The molecule has 0 aliphatic carbocycles. The molecule has 1 aliphatic rings. The predicted octanol–water partition coefficient (Wildman–Crippen LogP) is 3.38. The van der Waals surface area contributed by atoms with Gasteiger partial charge >= 0.3 is 5.97 Å². The number of rotatable bonds is 7. The molecule has 7 nitrogen and oxygen atoms in total. The van der Waals surface area contributed by atoms with E-state index in [-0.39, 0.29) is 12.6 Å². The Balaban J connectivity index is 1.70. The SMILES string of the molecule is CCOC(=O)COc1ccccc1-c1cc2cccnc2c(N2CCN(CC)CC2)n1. The lowest BCUT2D eigenvalue weighted by Crippen LogP contribution is -2.46. The van der Waals surface area contributed by atoms with E-state index in [9.17, 15) is 4.79 Å².